The Balaban J connectivity index is 1.50. The second kappa shape index (κ2) is 11.0. The summed E-state index contributed by atoms with van der Waals surface area (Å²) in [5.41, 5.74) is 2.51. The van der Waals surface area contributed by atoms with Crippen molar-refractivity contribution in [3.63, 3.8) is 0 Å². The zero-order valence-corrected chi connectivity index (χ0v) is 21.0. The molecule has 0 aromatic heterocycles. The van der Waals surface area contributed by atoms with Crippen molar-refractivity contribution in [1.82, 2.24) is 0 Å². The number of amides is 1. The highest BCUT2D eigenvalue weighted by atomic mass is 35.5. The van der Waals surface area contributed by atoms with E-state index >= 15 is 0 Å². The van der Waals surface area contributed by atoms with Gasteiger partial charge in [-0.2, -0.15) is 0 Å². The SMILES string of the molecule is CCOc1ccc(N2C(=O)/C(=C\c3ccc(OCc4ccc(Cl)cc4)c(OC)c3)SC2=S)cc1. The van der Waals surface area contributed by atoms with Gasteiger partial charge in [0, 0.05) is 5.02 Å². The fourth-order valence-corrected chi connectivity index (χ4v) is 4.76. The summed E-state index contributed by atoms with van der Waals surface area (Å²) in [6, 6.07) is 20.3. The minimum atomic E-state index is -0.166. The highest BCUT2D eigenvalue weighted by molar-refractivity contribution is 8.27. The van der Waals surface area contributed by atoms with Crippen LogP contribution in [-0.4, -0.2) is 23.9 Å². The summed E-state index contributed by atoms with van der Waals surface area (Å²) < 4.78 is 17.4. The number of methoxy groups -OCH3 is 1. The molecule has 1 aliphatic heterocycles. The highest BCUT2D eigenvalue weighted by Gasteiger charge is 2.33. The van der Waals surface area contributed by atoms with Gasteiger partial charge in [-0.1, -0.05) is 53.8 Å². The lowest BCUT2D eigenvalue weighted by Crippen LogP contribution is -2.27. The molecule has 1 heterocycles. The molecule has 8 heteroatoms. The van der Waals surface area contributed by atoms with E-state index in [-0.39, 0.29) is 5.91 Å². The topological polar surface area (TPSA) is 48.0 Å². The van der Waals surface area contributed by atoms with Crippen LogP contribution >= 0.6 is 35.6 Å². The van der Waals surface area contributed by atoms with Crippen molar-refractivity contribution in [2.75, 3.05) is 18.6 Å². The molecule has 4 rings (SSSR count). The molecule has 0 atom stereocenters. The van der Waals surface area contributed by atoms with Crippen LogP contribution in [0.1, 0.15) is 18.1 Å². The van der Waals surface area contributed by atoms with Crippen molar-refractivity contribution < 1.29 is 19.0 Å². The third-order valence-electron chi connectivity index (χ3n) is 4.99. The monoisotopic (exact) mass is 511 g/mol. The zero-order chi connectivity index (χ0) is 24.1. The molecule has 34 heavy (non-hydrogen) atoms. The van der Waals surface area contributed by atoms with Gasteiger partial charge in [-0.3, -0.25) is 9.69 Å². The first kappa shape index (κ1) is 24.1. The number of rotatable bonds is 8. The number of benzene rings is 3. The van der Waals surface area contributed by atoms with Gasteiger partial charge < -0.3 is 14.2 Å². The summed E-state index contributed by atoms with van der Waals surface area (Å²) in [6.45, 7) is 2.89. The maximum atomic E-state index is 13.1. The van der Waals surface area contributed by atoms with Gasteiger partial charge in [0.2, 0.25) is 0 Å². The van der Waals surface area contributed by atoms with E-state index in [0.29, 0.717) is 44.6 Å². The Bertz CT molecular complexity index is 1230. The van der Waals surface area contributed by atoms with Crippen LogP contribution in [0.2, 0.25) is 5.02 Å². The Hall–Kier alpha value is -3.00. The predicted molar refractivity (Wildman–Crippen MR) is 142 cm³/mol. The molecule has 0 N–H and O–H groups in total. The van der Waals surface area contributed by atoms with E-state index < -0.39 is 0 Å². The van der Waals surface area contributed by atoms with Gasteiger partial charge in [-0.05, 0) is 72.7 Å². The van der Waals surface area contributed by atoms with Crippen LogP contribution in [0.25, 0.3) is 6.08 Å². The third kappa shape index (κ3) is 5.55. The van der Waals surface area contributed by atoms with Crippen LogP contribution in [0, 0.1) is 0 Å². The first-order chi connectivity index (χ1) is 16.5. The van der Waals surface area contributed by atoms with Crippen LogP contribution < -0.4 is 19.1 Å². The van der Waals surface area contributed by atoms with E-state index in [1.807, 2.05) is 73.7 Å². The molecule has 1 amide bonds. The van der Waals surface area contributed by atoms with E-state index in [9.17, 15) is 4.79 Å². The van der Waals surface area contributed by atoms with Crippen molar-refractivity contribution >= 4 is 57.6 Å². The molecule has 1 aliphatic rings. The Kier molecular flexibility index (Phi) is 7.77. The minimum Gasteiger partial charge on any atom is -0.494 e. The molecule has 0 radical (unpaired) electrons. The van der Waals surface area contributed by atoms with E-state index in [0.717, 1.165) is 16.9 Å². The van der Waals surface area contributed by atoms with Crippen LogP contribution in [0.5, 0.6) is 17.2 Å². The number of hydrogen-bond donors (Lipinski definition) is 0. The van der Waals surface area contributed by atoms with Crippen LogP contribution in [0.15, 0.2) is 71.6 Å². The number of anilines is 1. The highest BCUT2D eigenvalue weighted by Crippen LogP contribution is 2.37. The van der Waals surface area contributed by atoms with Gasteiger partial charge in [0.25, 0.3) is 5.91 Å². The van der Waals surface area contributed by atoms with Gasteiger partial charge in [-0.25, -0.2) is 0 Å². The fourth-order valence-electron chi connectivity index (χ4n) is 3.33. The van der Waals surface area contributed by atoms with Crippen molar-refractivity contribution in [1.29, 1.82) is 0 Å². The fraction of sp³-hybridized carbons (Fsp3) is 0.154. The Labute approximate surface area is 213 Å². The number of thioether (sulfide) groups is 1. The molecule has 0 saturated carbocycles. The summed E-state index contributed by atoms with van der Waals surface area (Å²) in [7, 11) is 1.58. The standard InChI is InChI=1S/C26H22ClNO4S2/c1-3-31-21-11-9-20(10-12-21)28-25(29)24(34-26(28)33)15-18-6-13-22(23(14-18)30-2)32-16-17-4-7-19(27)8-5-17/h4-15H,3,16H2,1-2H3/b24-15+. The second-order valence-electron chi connectivity index (χ2n) is 7.27. The van der Waals surface area contributed by atoms with Gasteiger partial charge in [0.05, 0.1) is 24.3 Å². The van der Waals surface area contributed by atoms with Crippen LogP contribution in [0.3, 0.4) is 0 Å². The lowest BCUT2D eigenvalue weighted by molar-refractivity contribution is -0.113. The lowest BCUT2D eigenvalue weighted by Gasteiger charge is -2.15. The summed E-state index contributed by atoms with van der Waals surface area (Å²) in [5.74, 6) is 1.76. The molecule has 0 spiro atoms. The van der Waals surface area contributed by atoms with Crippen molar-refractivity contribution in [3.8, 4) is 17.2 Å². The third-order valence-corrected chi connectivity index (χ3v) is 6.55. The van der Waals surface area contributed by atoms with Crippen molar-refractivity contribution in [2.45, 2.75) is 13.5 Å². The molecule has 3 aromatic rings. The number of ether oxygens (including phenoxy) is 3. The van der Waals surface area contributed by atoms with Gasteiger partial charge in [0.15, 0.2) is 15.8 Å². The summed E-state index contributed by atoms with van der Waals surface area (Å²) in [6.07, 6.45) is 1.80. The normalized spacial score (nSPS) is 14.6. The number of thiocarbonyl (C=S) groups is 1. The zero-order valence-electron chi connectivity index (χ0n) is 18.6. The quantitative estimate of drug-likeness (QED) is 0.247. The molecule has 3 aromatic carbocycles. The van der Waals surface area contributed by atoms with Gasteiger partial charge in [-0.15, -0.1) is 0 Å². The summed E-state index contributed by atoms with van der Waals surface area (Å²) in [4.78, 5) is 15.2. The number of nitrogens with zero attached hydrogens (tertiary/aromatic N) is 1. The van der Waals surface area contributed by atoms with Crippen molar-refractivity contribution in [3.05, 3.63) is 87.8 Å². The smallest absolute Gasteiger partial charge is 0.270 e. The second-order valence-corrected chi connectivity index (χ2v) is 9.38. The first-order valence-corrected chi connectivity index (χ1v) is 12.1. The Morgan fingerprint density at radius 1 is 1.00 bits per heavy atom. The predicted octanol–water partition coefficient (Wildman–Crippen LogP) is 6.73. The largest absolute Gasteiger partial charge is 0.494 e. The molecular weight excluding hydrogens is 490 g/mol. The molecule has 0 bridgehead atoms. The Morgan fingerprint density at radius 3 is 2.41 bits per heavy atom. The molecule has 5 nitrogen and oxygen atoms in total. The van der Waals surface area contributed by atoms with Gasteiger partial charge >= 0.3 is 0 Å². The molecule has 0 aliphatic carbocycles. The first-order valence-electron chi connectivity index (χ1n) is 10.5. The molecule has 1 fully saturated rings. The average molecular weight is 512 g/mol. The summed E-state index contributed by atoms with van der Waals surface area (Å²) in [5, 5.41) is 0.679. The van der Waals surface area contributed by atoms with Gasteiger partial charge in [0.1, 0.15) is 12.4 Å². The number of halogens is 1. The number of carbonyl (C=O) groups is 1. The van der Waals surface area contributed by atoms with Crippen molar-refractivity contribution in [2.24, 2.45) is 0 Å². The maximum Gasteiger partial charge on any atom is 0.270 e. The lowest BCUT2D eigenvalue weighted by atomic mass is 10.1. The molecule has 174 valence electrons. The van der Waals surface area contributed by atoms with Crippen LogP contribution in [0.4, 0.5) is 5.69 Å². The van der Waals surface area contributed by atoms with Crippen LogP contribution in [-0.2, 0) is 11.4 Å². The average Bonchev–Trinajstić information content (AvgIpc) is 3.12. The Morgan fingerprint density at radius 2 is 1.74 bits per heavy atom. The molecular formula is C26H22ClNO4S2. The molecule has 0 unspecified atom stereocenters. The van der Waals surface area contributed by atoms with E-state index in [2.05, 4.69) is 0 Å². The number of carbonyl (C=O) groups excluding carboxylic acids is 1. The van der Waals surface area contributed by atoms with E-state index in [4.69, 9.17) is 38.0 Å². The maximum absolute atomic E-state index is 13.1. The molecule has 1 saturated heterocycles. The minimum absolute atomic E-state index is 0.166. The van der Waals surface area contributed by atoms with E-state index in [1.165, 1.54) is 16.7 Å². The number of hydrogen-bond acceptors (Lipinski definition) is 6. The summed E-state index contributed by atoms with van der Waals surface area (Å²) >= 11 is 12.7. The van der Waals surface area contributed by atoms with E-state index in [1.54, 1.807) is 13.2 Å².